The quantitative estimate of drug-likeness (QED) is 0.634. The molecular formula is C21H25N5O. The van der Waals surface area contributed by atoms with E-state index in [1.807, 2.05) is 25.1 Å². The van der Waals surface area contributed by atoms with Crippen LogP contribution in [0.3, 0.4) is 0 Å². The highest BCUT2D eigenvalue weighted by atomic mass is 16.5. The van der Waals surface area contributed by atoms with E-state index < -0.39 is 0 Å². The van der Waals surface area contributed by atoms with Gasteiger partial charge in [-0.15, -0.1) is 5.10 Å². The highest BCUT2D eigenvalue weighted by Gasteiger charge is 2.12. The van der Waals surface area contributed by atoms with E-state index in [1.54, 1.807) is 13.3 Å². The number of methoxy groups -OCH3 is 1. The molecule has 0 saturated carbocycles. The standard InChI is InChI=1S/C21H25N5O/c1-13(2)16-8-6-7-15(4)20(16)25-21-24-19(12-22-26-21)23-17-11-14(3)9-10-18(17)27-5/h6-13H,1-5H3,(H2,23,24,25,26). The lowest BCUT2D eigenvalue weighted by Crippen LogP contribution is -2.06. The molecular weight excluding hydrogens is 338 g/mol. The number of nitrogens with zero attached hydrogens (tertiary/aromatic N) is 3. The van der Waals surface area contributed by atoms with Gasteiger partial charge in [0.15, 0.2) is 5.82 Å². The van der Waals surface area contributed by atoms with Gasteiger partial charge in [-0.1, -0.05) is 38.1 Å². The summed E-state index contributed by atoms with van der Waals surface area (Å²) in [6.45, 7) is 8.44. The van der Waals surface area contributed by atoms with Gasteiger partial charge in [0.05, 0.1) is 19.0 Å². The van der Waals surface area contributed by atoms with Crippen LogP contribution in [-0.2, 0) is 0 Å². The summed E-state index contributed by atoms with van der Waals surface area (Å²) in [5.41, 5.74) is 5.35. The number of para-hydroxylation sites is 1. The van der Waals surface area contributed by atoms with Gasteiger partial charge in [0.25, 0.3) is 0 Å². The topological polar surface area (TPSA) is 72.0 Å². The Balaban J connectivity index is 1.89. The fraction of sp³-hybridized carbons (Fsp3) is 0.286. The van der Waals surface area contributed by atoms with Crippen LogP contribution in [0.15, 0.2) is 42.6 Å². The van der Waals surface area contributed by atoms with E-state index >= 15 is 0 Å². The molecule has 27 heavy (non-hydrogen) atoms. The number of aryl methyl sites for hydroxylation is 2. The van der Waals surface area contributed by atoms with Crippen molar-refractivity contribution in [2.45, 2.75) is 33.6 Å². The van der Waals surface area contributed by atoms with Gasteiger partial charge < -0.3 is 15.4 Å². The molecule has 3 rings (SSSR count). The molecule has 2 aromatic carbocycles. The van der Waals surface area contributed by atoms with E-state index in [-0.39, 0.29) is 0 Å². The monoisotopic (exact) mass is 363 g/mol. The lowest BCUT2D eigenvalue weighted by molar-refractivity contribution is 0.416. The molecule has 0 unspecified atom stereocenters. The molecule has 0 aliphatic rings. The van der Waals surface area contributed by atoms with Crippen LogP contribution < -0.4 is 15.4 Å². The summed E-state index contributed by atoms with van der Waals surface area (Å²) < 4.78 is 5.41. The molecule has 6 heteroatoms. The van der Waals surface area contributed by atoms with Crippen LogP contribution in [0.2, 0.25) is 0 Å². The van der Waals surface area contributed by atoms with Crippen molar-refractivity contribution in [3.05, 3.63) is 59.3 Å². The summed E-state index contributed by atoms with van der Waals surface area (Å²) in [7, 11) is 1.65. The largest absolute Gasteiger partial charge is 0.495 e. The number of aromatic nitrogens is 3. The third-order valence-corrected chi connectivity index (χ3v) is 4.34. The Kier molecular flexibility index (Phi) is 5.54. The molecule has 0 aliphatic carbocycles. The summed E-state index contributed by atoms with van der Waals surface area (Å²) >= 11 is 0. The average molecular weight is 363 g/mol. The van der Waals surface area contributed by atoms with Gasteiger partial charge >= 0.3 is 0 Å². The molecule has 0 fully saturated rings. The Morgan fingerprint density at radius 1 is 1.04 bits per heavy atom. The molecule has 0 bridgehead atoms. The van der Waals surface area contributed by atoms with Crippen LogP contribution in [0.4, 0.5) is 23.1 Å². The zero-order valence-electron chi connectivity index (χ0n) is 16.4. The van der Waals surface area contributed by atoms with E-state index in [0.717, 1.165) is 28.3 Å². The summed E-state index contributed by atoms with van der Waals surface area (Å²) in [5, 5.41) is 14.8. The first-order valence-corrected chi connectivity index (χ1v) is 8.96. The average Bonchev–Trinajstić information content (AvgIpc) is 2.64. The molecule has 6 nitrogen and oxygen atoms in total. The first-order valence-electron chi connectivity index (χ1n) is 8.96. The molecule has 0 radical (unpaired) electrons. The fourth-order valence-electron chi connectivity index (χ4n) is 2.93. The maximum Gasteiger partial charge on any atom is 0.249 e. The first kappa shape index (κ1) is 18.6. The Bertz CT molecular complexity index is 940. The molecule has 1 heterocycles. The third kappa shape index (κ3) is 4.34. The van der Waals surface area contributed by atoms with Crippen molar-refractivity contribution in [1.29, 1.82) is 0 Å². The van der Waals surface area contributed by atoms with Crippen molar-refractivity contribution in [3.8, 4) is 5.75 Å². The van der Waals surface area contributed by atoms with Gasteiger partial charge in [0, 0.05) is 5.69 Å². The molecule has 0 saturated heterocycles. The van der Waals surface area contributed by atoms with Crippen molar-refractivity contribution < 1.29 is 4.74 Å². The summed E-state index contributed by atoms with van der Waals surface area (Å²) in [6, 6.07) is 12.2. The van der Waals surface area contributed by atoms with E-state index in [9.17, 15) is 0 Å². The van der Waals surface area contributed by atoms with Crippen LogP contribution >= 0.6 is 0 Å². The minimum Gasteiger partial charge on any atom is -0.495 e. The summed E-state index contributed by atoms with van der Waals surface area (Å²) in [4.78, 5) is 4.56. The van der Waals surface area contributed by atoms with Crippen molar-refractivity contribution in [2.24, 2.45) is 0 Å². The van der Waals surface area contributed by atoms with E-state index in [1.165, 1.54) is 5.56 Å². The van der Waals surface area contributed by atoms with Gasteiger partial charge in [-0.25, -0.2) is 0 Å². The second-order valence-electron chi connectivity index (χ2n) is 6.81. The second kappa shape index (κ2) is 8.03. The van der Waals surface area contributed by atoms with Crippen LogP contribution in [-0.4, -0.2) is 22.3 Å². The minimum absolute atomic E-state index is 0.387. The highest BCUT2D eigenvalue weighted by Crippen LogP contribution is 2.30. The third-order valence-electron chi connectivity index (χ3n) is 4.34. The lowest BCUT2D eigenvalue weighted by Gasteiger charge is -2.16. The van der Waals surface area contributed by atoms with Gasteiger partial charge in [0.1, 0.15) is 5.75 Å². The maximum absolute atomic E-state index is 5.41. The van der Waals surface area contributed by atoms with E-state index in [4.69, 9.17) is 4.74 Å². The number of ether oxygens (including phenoxy) is 1. The van der Waals surface area contributed by atoms with Gasteiger partial charge in [-0.2, -0.15) is 10.1 Å². The Hall–Kier alpha value is -3.15. The number of benzene rings is 2. The molecule has 0 amide bonds. The van der Waals surface area contributed by atoms with Crippen LogP contribution in [0.5, 0.6) is 5.75 Å². The number of hydrogen-bond donors (Lipinski definition) is 2. The number of rotatable bonds is 6. The lowest BCUT2D eigenvalue weighted by atomic mass is 9.98. The zero-order chi connectivity index (χ0) is 19.4. The number of nitrogens with one attached hydrogen (secondary N) is 2. The summed E-state index contributed by atoms with van der Waals surface area (Å²) in [6.07, 6.45) is 1.59. The van der Waals surface area contributed by atoms with Crippen LogP contribution in [0.1, 0.15) is 36.5 Å². The van der Waals surface area contributed by atoms with Gasteiger partial charge in [0.2, 0.25) is 5.95 Å². The zero-order valence-corrected chi connectivity index (χ0v) is 16.4. The Morgan fingerprint density at radius 2 is 1.85 bits per heavy atom. The predicted molar refractivity (Wildman–Crippen MR) is 109 cm³/mol. The molecule has 3 aromatic rings. The number of hydrogen-bond acceptors (Lipinski definition) is 6. The Labute approximate surface area is 160 Å². The van der Waals surface area contributed by atoms with Crippen LogP contribution in [0, 0.1) is 13.8 Å². The molecule has 0 spiro atoms. The molecule has 0 aliphatic heterocycles. The molecule has 1 aromatic heterocycles. The SMILES string of the molecule is COc1ccc(C)cc1Nc1cnnc(Nc2c(C)cccc2C(C)C)n1. The predicted octanol–water partition coefficient (Wildman–Crippen LogP) is 5.11. The van der Waals surface area contributed by atoms with Crippen molar-refractivity contribution in [2.75, 3.05) is 17.7 Å². The minimum atomic E-state index is 0.387. The smallest absolute Gasteiger partial charge is 0.249 e. The second-order valence-corrected chi connectivity index (χ2v) is 6.81. The normalized spacial score (nSPS) is 10.7. The van der Waals surface area contributed by atoms with Gasteiger partial charge in [-0.05, 0) is 48.6 Å². The van der Waals surface area contributed by atoms with E-state index in [0.29, 0.717) is 17.7 Å². The van der Waals surface area contributed by atoms with Crippen molar-refractivity contribution in [1.82, 2.24) is 15.2 Å². The number of anilines is 4. The fourth-order valence-corrected chi connectivity index (χ4v) is 2.93. The molecule has 140 valence electrons. The molecule has 2 N–H and O–H groups in total. The highest BCUT2D eigenvalue weighted by molar-refractivity contribution is 5.67. The van der Waals surface area contributed by atoms with Crippen molar-refractivity contribution >= 4 is 23.1 Å². The van der Waals surface area contributed by atoms with Gasteiger partial charge in [-0.3, -0.25) is 0 Å². The first-order chi connectivity index (χ1) is 13.0. The molecule has 0 atom stereocenters. The van der Waals surface area contributed by atoms with Crippen molar-refractivity contribution in [3.63, 3.8) is 0 Å². The summed E-state index contributed by atoms with van der Waals surface area (Å²) in [5.74, 6) is 2.17. The maximum atomic E-state index is 5.41. The van der Waals surface area contributed by atoms with Crippen LogP contribution in [0.25, 0.3) is 0 Å². The van der Waals surface area contributed by atoms with E-state index in [2.05, 4.69) is 64.8 Å². The Morgan fingerprint density at radius 3 is 2.59 bits per heavy atom.